The molecule has 1 saturated heterocycles. The van der Waals surface area contributed by atoms with Crippen molar-refractivity contribution in [2.24, 2.45) is 5.92 Å². The summed E-state index contributed by atoms with van der Waals surface area (Å²) in [6.45, 7) is 3.36. The van der Waals surface area contributed by atoms with Gasteiger partial charge in [0.2, 0.25) is 5.91 Å². The first-order valence-electron chi connectivity index (χ1n) is 9.16. The lowest BCUT2D eigenvalue weighted by molar-refractivity contribution is -0.126. The lowest BCUT2D eigenvalue weighted by atomic mass is 9.97. The lowest BCUT2D eigenvalue weighted by Crippen LogP contribution is -2.46. The summed E-state index contributed by atoms with van der Waals surface area (Å²) in [5, 5.41) is 5.78. The number of halogens is 1. The molecule has 5 nitrogen and oxygen atoms in total. The van der Waals surface area contributed by atoms with Crippen LogP contribution in [0.25, 0.3) is 0 Å². The maximum atomic E-state index is 12.9. The normalized spacial score (nSPS) is 16.7. The highest BCUT2D eigenvalue weighted by atomic mass is 19.1. The summed E-state index contributed by atoms with van der Waals surface area (Å²) >= 11 is 0. The Bertz CT molecular complexity index is 807. The van der Waals surface area contributed by atoms with Crippen molar-refractivity contribution in [3.8, 4) is 0 Å². The van der Waals surface area contributed by atoms with Gasteiger partial charge in [0.1, 0.15) is 5.82 Å². The number of carbonyl (C=O) groups excluding carboxylic acids is 2. The van der Waals surface area contributed by atoms with E-state index in [9.17, 15) is 14.0 Å². The SMILES string of the molecule is Cc1cccc(NC(=O)N2CCC[C@H](C(=O)NCc3ccc(F)cc3)C2)c1. The van der Waals surface area contributed by atoms with Gasteiger partial charge < -0.3 is 15.5 Å². The minimum Gasteiger partial charge on any atom is -0.352 e. The van der Waals surface area contributed by atoms with Crippen LogP contribution in [-0.2, 0) is 11.3 Å². The number of likely N-dealkylation sites (tertiary alicyclic amines) is 1. The number of rotatable bonds is 4. The van der Waals surface area contributed by atoms with Gasteiger partial charge in [-0.3, -0.25) is 4.79 Å². The van der Waals surface area contributed by atoms with Gasteiger partial charge in [-0.1, -0.05) is 24.3 Å². The second-order valence-corrected chi connectivity index (χ2v) is 6.93. The molecule has 2 aromatic rings. The maximum absolute atomic E-state index is 12.9. The van der Waals surface area contributed by atoms with E-state index in [0.717, 1.165) is 29.7 Å². The Hall–Kier alpha value is -2.89. The van der Waals surface area contributed by atoms with Crippen LogP contribution < -0.4 is 10.6 Å². The van der Waals surface area contributed by atoms with Crippen molar-refractivity contribution in [2.75, 3.05) is 18.4 Å². The molecule has 142 valence electrons. The van der Waals surface area contributed by atoms with E-state index < -0.39 is 0 Å². The lowest BCUT2D eigenvalue weighted by Gasteiger charge is -2.32. The van der Waals surface area contributed by atoms with Crippen LogP contribution in [0.4, 0.5) is 14.9 Å². The highest BCUT2D eigenvalue weighted by molar-refractivity contribution is 5.90. The van der Waals surface area contributed by atoms with E-state index in [1.165, 1.54) is 12.1 Å². The van der Waals surface area contributed by atoms with E-state index in [1.54, 1.807) is 17.0 Å². The first-order chi connectivity index (χ1) is 13.0. The number of hydrogen-bond donors (Lipinski definition) is 2. The van der Waals surface area contributed by atoms with Crippen LogP contribution in [-0.4, -0.2) is 29.9 Å². The first kappa shape index (κ1) is 18.9. The van der Waals surface area contributed by atoms with Crippen molar-refractivity contribution in [2.45, 2.75) is 26.3 Å². The third kappa shape index (κ3) is 5.29. The molecule has 1 heterocycles. The molecule has 1 fully saturated rings. The van der Waals surface area contributed by atoms with Crippen LogP contribution in [0.3, 0.4) is 0 Å². The number of amides is 3. The van der Waals surface area contributed by atoms with Crippen LogP contribution in [0.2, 0.25) is 0 Å². The molecule has 1 atom stereocenters. The second-order valence-electron chi connectivity index (χ2n) is 6.93. The molecule has 0 unspecified atom stereocenters. The van der Waals surface area contributed by atoms with E-state index in [4.69, 9.17) is 0 Å². The fraction of sp³-hybridized carbons (Fsp3) is 0.333. The molecule has 2 N–H and O–H groups in total. The van der Waals surface area contributed by atoms with Crippen molar-refractivity contribution in [3.05, 3.63) is 65.5 Å². The summed E-state index contributed by atoms with van der Waals surface area (Å²) in [7, 11) is 0. The molecule has 3 amide bonds. The highest BCUT2D eigenvalue weighted by Gasteiger charge is 2.28. The van der Waals surface area contributed by atoms with Crippen LogP contribution in [0.15, 0.2) is 48.5 Å². The number of anilines is 1. The number of nitrogens with one attached hydrogen (secondary N) is 2. The zero-order chi connectivity index (χ0) is 19.2. The average Bonchev–Trinajstić information content (AvgIpc) is 2.67. The molecule has 1 aliphatic heterocycles. The Labute approximate surface area is 158 Å². The molecule has 2 aromatic carbocycles. The third-order valence-corrected chi connectivity index (χ3v) is 4.73. The Morgan fingerprint density at radius 2 is 1.96 bits per heavy atom. The molecule has 1 aliphatic rings. The number of nitrogens with zero attached hydrogens (tertiary/aromatic N) is 1. The minimum atomic E-state index is -0.298. The van der Waals surface area contributed by atoms with Crippen molar-refractivity contribution >= 4 is 17.6 Å². The fourth-order valence-corrected chi connectivity index (χ4v) is 3.24. The van der Waals surface area contributed by atoms with Gasteiger partial charge in [-0.05, 0) is 55.2 Å². The highest BCUT2D eigenvalue weighted by Crippen LogP contribution is 2.19. The molecule has 0 radical (unpaired) electrons. The van der Waals surface area contributed by atoms with E-state index in [1.807, 2.05) is 31.2 Å². The molecule has 0 spiro atoms. The summed E-state index contributed by atoms with van der Waals surface area (Å²) in [4.78, 5) is 26.7. The van der Waals surface area contributed by atoms with E-state index in [0.29, 0.717) is 19.6 Å². The number of urea groups is 1. The largest absolute Gasteiger partial charge is 0.352 e. The Morgan fingerprint density at radius 3 is 2.70 bits per heavy atom. The Balaban J connectivity index is 1.52. The number of aryl methyl sites for hydroxylation is 1. The van der Waals surface area contributed by atoms with Crippen molar-refractivity contribution < 1.29 is 14.0 Å². The van der Waals surface area contributed by atoms with Crippen molar-refractivity contribution in [1.29, 1.82) is 0 Å². The monoisotopic (exact) mass is 369 g/mol. The third-order valence-electron chi connectivity index (χ3n) is 4.73. The second kappa shape index (κ2) is 8.66. The number of carbonyl (C=O) groups is 2. The molecule has 6 heteroatoms. The predicted molar refractivity (Wildman–Crippen MR) is 103 cm³/mol. The molecular weight excluding hydrogens is 345 g/mol. The van der Waals surface area contributed by atoms with Gasteiger partial charge in [0.25, 0.3) is 0 Å². The van der Waals surface area contributed by atoms with Crippen molar-refractivity contribution in [3.63, 3.8) is 0 Å². The summed E-state index contributed by atoms with van der Waals surface area (Å²) in [6, 6.07) is 13.5. The summed E-state index contributed by atoms with van der Waals surface area (Å²) < 4.78 is 12.9. The van der Waals surface area contributed by atoms with Gasteiger partial charge in [0, 0.05) is 25.3 Å². The minimum absolute atomic E-state index is 0.0765. The van der Waals surface area contributed by atoms with Gasteiger partial charge in [-0.15, -0.1) is 0 Å². The molecule has 0 aliphatic carbocycles. The van der Waals surface area contributed by atoms with Gasteiger partial charge in [-0.2, -0.15) is 0 Å². The summed E-state index contributed by atoms with van der Waals surface area (Å²) in [5.74, 6) is -0.609. The Kier molecular flexibility index (Phi) is 6.06. The maximum Gasteiger partial charge on any atom is 0.321 e. The molecule has 0 bridgehead atoms. The average molecular weight is 369 g/mol. The van der Waals surface area contributed by atoms with Gasteiger partial charge in [-0.25, -0.2) is 9.18 Å². The number of hydrogen-bond acceptors (Lipinski definition) is 2. The summed E-state index contributed by atoms with van der Waals surface area (Å²) in [5.41, 5.74) is 2.67. The van der Waals surface area contributed by atoms with Gasteiger partial charge in [0.15, 0.2) is 0 Å². The van der Waals surface area contributed by atoms with Crippen LogP contribution in [0.5, 0.6) is 0 Å². The van der Waals surface area contributed by atoms with Gasteiger partial charge >= 0.3 is 6.03 Å². The zero-order valence-electron chi connectivity index (χ0n) is 15.4. The van der Waals surface area contributed by atoms with Crippen LogP contribution >= 0.6 is 0 Å². The van der Waals surface area contributed by atoms with E-state index in [-0.39, 0.29) is 23.7 Å². The smallest absolute Gasteiger partial charge is 0.321 e. The molecular formula is C21H24FN3O2. The van der Waals surface area contributed by atoms with Crippen LogP contribution in [0.1, 0.15) is 24.0 Å². The fourth-order valence-electron chi connectivity index (χ4n) is 3.24. The van der Waals surface area contributed by atoms with Crippen LogP contribution in [0, 0.1) is 18.7 Å². The number of benzene rings is 2. The van der Waals surface area contributed by atoms with Crippen molar-refractivity contribution in [1.82, 2.24) is 10.2 Å². The molecule has 0 saturated carbocycles. The van der Waals surface area contributed by atoms with E-state index in [2.05, 4.69) is 10.6 Å². The van der Waals surface area contributed by atoms with Gasteiger partial charge in [0.05, 0.1) is 5.92 Å². The summed E-state index contributed by atoms with van der Waals surface area (Å²) in [6.07, 6.45) is 1.54. The standard InChI is InChI=1S/C21H24FN3O2/c1-15-4-2-6-19(12-15)24-21(27)25-11-3-5-17(14-25)20(26)23-13-16-7-9-18(22)10-8-16/h2,4,6-10,12,17H,3,5,11,13-14H2,1H3,(H,23,26)(H,24,27)/t17-/m0/s1. The Morgan fingerprint density at radius 1 is 1.19 bits per heavy atom. The topological polar surface area (TPSA) is 61.4 Å². The molecule has 0 aromatic heterocycles. The zero-order valence-corrected chi connectivity index (χ0v) is 15.4. The molecule has 27 heavy (non-hydrogen) atoms. The number of piperidine rings is 1. The predicted octanol–water partition coefficient (Wildman–Crippen LogP) is 3.69. The van der Waals surface area contributed by atoms with E-state index >= 15 is 0 Å². The first-order valence-corrected chi connectivity index (χ1v) is 9.16. The molecule has 3 rings (SSSR count). The quantitative estimate of drug-likeness (QED) is 0.863.